The minimum atomic E-state index is -1.42. The van der Waals surface area contributed by atoms with E-state index in [1.807, 2.05) is 73.7 Å². The quantitative estimate of drug-likeness (QED) is 0.259. The summed E-state index contributed by atoms with van der Waals surface area (Å²) in [6.45, 7) is 2.94. The molecule has 0 amide bonds. The molecule has 4 aromatic rings. The largest absolute Gasteiger partial charge is 0.493 e. The molecule has 2 unspecified atom stereocenters. The molecule has 0 bridgehead atoms. The second-order valence-corrected chi connectivity index (χ2v) is 10.2. The summed E-state index contributed by atoms with van der Waals surface area (Å²) in [4.78, 5) is 17.9. The van der Waals surface area contributed by atoms with Crippen molar-refractivity contribution in [1.29, 1.82) is 0 Å². The minimum absolute atomic E-state index is 0.126. The number of benzene rings is 3. The van der Waals surface area contributed by atoms with E-state index in [2.05, 4.69) is 4.98 Å². The van der Waals surface area contributed by atoms with E-state index >= 15 is 0 Å². The molecule has 6 rings (SSSR count). The number of carbonyl (C=O) groups is 1. The Balaban J connectivity index is 1.54. The number of pyridine rings is 1. The molecule has 2 atom stereocenters. The standard InChI is InChI=1S/C33H31NO7/c1-3-15-38-28-13-11-23-24(31(28)37-2)17-33(32(35)36,30(23)22-10-12-27-29(16-22)41-20-40-27)25-8-4-5-9-26(25)39-19-21-7-6-14-34-18-21/h4-14,16,18,30H,3,15,17,19-20H2,1-2H3,(H,35,36). The molecular weight excluding hydrogens is 522 g/mol. The Labute approximate surface area is 238 Å². The van der Waals surface area contributed by atoms with E-state index in [1.54, 1.807) is 19.5 Å². The number of rotatable bonds is 10. The molecule has 3 aromatic carbocycles. The zero-order valence-electron chi connectivity index (χ0n) is 23.0. The van der Waals surface area contributed by atoms with Gasteiger partial charge in [-0.05, 0) is 54.3 Å². The monoisotopic (exact) mass is 553 g/mol. The Bertz CT molecular complexity index is 1570. The third-order valence-corrected chi connectivity index (χ3v) is 7.78. The fourth-order valence-corrected chi connectivity index (χ4v) is 6.00. The molecule has 1 N–H and O–H groups in total. The third-order valence-electron chi connectivity index (χ3n) is 7.78. The molecule has 41 heavy (non-hydrogen) atoms. The molecule has 2 heterocycles. The van der Waals surface area contributed by atoms with Crippen LogP contribution in [0.1, 0.15) is 47.1 Å². The maximum absolute atomic E-state index is 13.7. The highest BCUT2D eigenvalue weighted by molar-refractivity contribution is 5.88. The number of aromatic nitrogens is 1. The predicted octanol–water partition coefficient (Wildman–Crippen LogP) is 5.90. The first-order valence-electron chi connectivity index (χ1n) is 13.6. The molecule has 1 aromatic heterocycles. The number of fused-ring (bicyclic) bond motifs is 2. The summed E-state index contributed by atoms with van der Waals surface area (Å²) in [5, 5.41) is 11.2. The topological polar surface area (TPSA) is 96.3 Å². The smallest absolute Gasteiger partial charge is 0.315 e. The van der Waals surface area contributed by atoms with E-state index in [9.17, 15) is 9.90 Å². The van der Waals surface area contributed by atoms with Gasteiger partial charge in [-0.1, -0.05) is 43.3 Å². The van der Waals surface area contributed by atoms with E-state index < -0.39 is 17.3 Å². The maximum Gasteiger partial charge on any atom is 0.315 e. The van der Waals surface area contributed by atoms with Crippen molar-refractivity contribution in [1.82, 2.24) is 4.98 Å². The van der Waals surface area contributed by atoms with Crippen LogP contribution in [0.15, 0.2) is 79.1 Å². The van der Waals surface area contributed by atoms with Crippen molar-refractivity contribution in [2.45, 2.75) is 37.7 Å². The van der Waals surface area contributed by atoms with Crippen LogP contribution >= 0.6 is 0 Å². The van der Waals surface area contributed by atoms with Gasteiger partial charge in [0.25, 0.3) is 0 Å². The van der Waals surface area contributed by atoms with Crippen LogP contribution in [0.2, 0.25) is 0 Å². The highest BCUT2D eigenvalue weighted by Gasteiger charge is 2.56. The Morgan fingerprint density at radius 1 is 1.02 bits per heavy atom. The zero-order valence-corrected chi connectivity index (χ0v) is 23.0. The van der Waals surface area contributed by atoms with Crippen molar-refractivity contribution in [3.05, 3.63) is 107 Å². The number of ether oxygens (including phenoxy) is 5. The molecule has 1 aliphatic heterocycles. The Kier molecular flexibility index (Phi) is 7.14. The van der Waals surface area contributed by atoms with Crippen LogP contribution < -0.4 is 23.7 Å². The van der Waals surface area contributed by atoms with Crippen LogP contribution in [-0.4, -0.2) is 36.6 Å². The van der Waals surface area contributed by atoms with Crippen LogP contribution in [0.4, 0.5) is 0 Å². The zero-order chi connectivity index (χ0) is 28.4. The third kappa shape index (κ3) is 4.59. The van der Waals surface area contributed by atoms with Crippen molar-refractivity contribution in [3.8, 4) is 28.7 Å². The van der Waals surface area contributed by atoms with Crippen molar-refractivity contribution >= 4 is 5.97 Å². The number of hydrogen-bond donors (Lipinski definition) is 1. The number of methoxy groups -OCH3 is 1. The molecule has 8 nitrogen and oxygen atoms in total. The molecule has 0 fully saturated rings. The first-order chi connectivity index (χ1) is 20.1. The van der Waals surface area contributed by atoms with Gasteiger partial charge in [-0.2, -0.15) is 0 Å². The SMILES string of the molecule is CCCOc1ccc2c(c1OC)CC(C(=O)O)(c1ccccc1OCc1cccnc1)C2c1ccc2c(c1)OCO2. The van der Waals surface area contributed by atoms with Crippen LogP contribution in [0.3, 0.4) is 0 Å². The summed E-state index contributed by atoms with van der Waals surface area (Å²) in [5.41, 5.74) is 2.49. The second-order valence-electron chi connectivity index (χ2n) is 10.2. The molecule has 0 saturated heterocycles. The van der Waals surface area contributed by atoms with Gasteiger partial charge in [0.05, 0.1) is 13.7 Å². The average molecular weight is 554 g/mol. The van der Waals surface area contributed by atoms with Gasteiger partial charge in [-0.25, -0.2) is 0 Å². The van der Waals surface area contributed by atoms with Gasteiger partial charge in [-0.15, -0.1) is 0 Å². The summed E-state index contributed by atoms with van der Waals surface area (Å²) >= 11 is 0. The Morgan fingerprint density at radius 2 is 1.88 bits per heavy atom. The summed E-state index contributed by atoms with van der Waals surface area (Å²) in [7, 11) is 1.59. The molecular formula is C33H31NO7. The Hall–Kier alpha value is -4.72. The lowest BCUT2D eigenvalue weighted by atomic mass is 9.67. The lowest BCUT2D eigenvalue weighted by Crippen LogP contribution is -2.41. The van der Waals surface area contributed by atoms with E-state index in [4.69, 9.17) is 23.7 Å². The van der Waals surface area contributed by atoms with Crippen LogP contribution in [0, 0.1) is 0 Å². The molecule has 0 radical (unpaired) electrons. The highest BCUT2D eigenvalue weighted by Crippen LogP contribution is 2.58. The van der Waals surface area contributed by atoms with Gasteiger partial charge in [0.1, 0.15) is 17.8 Å². The van der Waals surface area contributed by atoms with E-state index in [0.29, 0.717) is 40.9 Å². The van der Waals surface area contributed by atoms with Crippen molar-refractivity contribution in [2.24, 2.45) is 0 Å². The summed E-state index contributed by atoms with van der Waals surface area (Å²) in [5.74, 6) is 1.32. The van der Waals surface area contributed by atoms with Crippen LogP contribution in [0.25, 0.3) is 0 Å². The molecule has 1 aliphatic carbocycles. The number of carboxylic acids is 1. The first-order valence-corrected chi connectivity index (χ1v) is 13.6. The van der Waals surface area contributed by atoms with E-state index in [1.165, 1.54) is 0 Å². The molecule has 2 aliphatic rings. The van der Waals surface area contributed by atoms with E-state index in [0.717, 1.165) is 28.7 Å². The van der Waals surface area contributed by atoms with Gasteiger partial charge < -0.3 is 28.8 Å². The van der Waals surface area contributed by atoms with Crippen molar-refractivity contribution in [3.63, 3.8) is 0 Å². The molecule has 0 spiro atoms. The van der Waals surface area contributed by atoms with Crippen LogP contribution in [0.5, 0.6) is 28.7 Å². The number of hydrogen-bond acceptors (Lipinski definition) is 7. The molecule has 0 saturated carbocycles. The lowest BCUT2D eigenvalue weighted by Gasteiger charge is -2.34. The van der Waals surface area contributed by atoms with Gasteiger partial charge in [-0.3, -0.25) is 9.78 Å². The van der Waals surface area contributed by atoms with Crippen molar-refractivity contribution in [2.75, 3.05) is 20.5 Å². The number of para-hydroxylation sites is 1. The fraction of sp³-hybridized carbons (Fsp3) is 0.273. The second kappa shape index (κ2) is 11.0. The van der Waals surface area contributed by atoms with Crippen LogP contribution in [-0.2, 0) is 23.2 Å². The Morgan fingerprint density at radius 3 is 2.66 bits per heavy atom. The summed E-state index contributed by atoms with van der Waals surface area (Å²) < 4.78 is 29.4. The predicted molar refractivity (Wildman–Crippen MR) is 151 cm³/mol. The maximum atomic E-state index is 13.7. The summed E-state index contributed by atoms with van der Waals surface area (Å²) in [6, 6.07) is 20.6. The van der Waals surface area contributed by atoms with E-state index in [-0.39, 0.29) is 19.8 Å². The minimum Gasteiger partial charge on any atom is -0.493 e. The lowest BCUT2D eigenvalue weighted by molar-refractivity contribution is -0.144. The molecule has 8 heteroatoms. The van der Waals surface area contributed by atoms with Crippen molar-refractivity contribution < 1.29 is 33.6 Å². The van der Waals surface area contributed by atoms with Gasteiger partial charge in [0.15, 0.2) is 23.0 Å². The first kappa shape index (κ1) is 26.5. The summed E-state index contributed by atoms with van der Waals surface area (Å²) in [6.07, 6.45) is 4.45. The number of carboxylic acid groups (broad SMARTS) is 1. The number of aliphatic carboxylic acids is 1. The average Bonchev–Trinajstić information content (AvgIpc) is 3.62. The van der Waals surface area contributed by atoms with Gasteiger partial charge in [0.2, 0.25) is 6.79 Å². The van der Waals surface area contributed by atoms with Gasteiger partial charge >= 0.3 is 5.97 Å². The highest BCUT2D eigenvalue weighted by atomic mass is 16.7. The fourth-order valence-electron chi connectivity index (χ4n) is 6.00. The normalized spacial score (nSPS) is 18.5. The molecule has 210 valence electrons. The van der Waals surface area contributed by atoms with Gasteiger partial charge in [0, 0.05) is 35.0 Å². The number of nitrogens with zero attached hydrogens (tertiary/aromatic N) is 1.